The Morgan fingerprint density at radius 2 is 0.377 bits per heavy atom. The Morgan fingerprint density at radius 1 is 0.160 bits per heavy atom. The third-order valence-corrected chi connectivity index (χ3v) is 22.6. The number of hydrogen-bond donors (Lipinski definition) is 0. The maximum absolute atomic E-state index is 5.91. The zero-order valence-corrected chi connectivity index (χ0v) is 63.7. The van der Waals surface area contributed by atoms with Crippen molar-refractivity contribution in [2.24, 2.45) is 0 Å². The Morgan fingerprint density at radius 3 is 0.708 bits per heavy atom. The maximum Gasteiger partial charge on any atom is 0.138 e. The van der Waals surface area contributed by atoms with Gasteiger partial charge < -0.3 is 4.42 Å². The normalized spacial score (nSPS) is 11.2. The maximum atomic E-state index is 5.91. The van der Waals surface area contributed by atoms with E-state index in [4.69, 9.17) is 4.42 Å². The van der Waals surface area contributed by atoms with Gasteiger partial charge >= 0.3 is 0 Å². The Kier molecular flexibility index (Phi) is 19.8. The van der Waals surface area contributed by atoms with Crippen LogP contribution in [0.1, 0.15) is 66.8 Å². The molecule has 20 aromatic rings. The molecule has 0 atom stereocenters. The van der Waals surface area contributed by atoms with Crippen LogP contribution in [0.2, 0.25) is 0 Å². The van der Waals surface area contributed by atoms with Crippen molar-refractivity contribution in [3.8, 4) is 22.3 Å². The summed E-state index contributed by atoms with van der Waals surface area (Å²) in [6.45, 7) is 25.8. The zero-order valence-electron chi connectivity index (χ0n) is 62.8. The largest absolute Gasteiger partial charge is 0.456 e. The lowest BCUT2D eigenvalue weighted by atomic mass is 9.92. The highest BCUT2D eigenvalue weighted by atomic mass is 32.1. The van der Waals surface area contributed by atoms with E-state index < -0.39 is 0 Å². The van der Waals surface area contributed by atoms with Crippen LogP contribution in [0.15, 0.2) is 320 Å². The number of para-hydroxylation sites is 2. The average molecular weight is 1390 g/mol. The SMILES string of the molecule is Cc1ccc(-c2ccc(-c3ccc(C)cc3)cc2)cc1.Cc1ccc2c3ccc(C)cc3c3ccccc3c2c1.Cc1ccc2c3ccccc3c3ccc(C)cc3c2c1.Cc1cccc2c1ccc1c(C)cccc12.Cc1cccc2c1oc1c(C)cccc12.Cc1cccc2c1sc1c(C)cccc12. The molecule has 20 rings (SSSR count). The molecular weight excluding hydrogens is 1300 g/mol. The fourth-order valence-electron chi connectivity index (χ4n) is 15.4. The summed E-state index contributed by atoms with van der Waals surface area (Å²) >= 11 is 1.91. The lowest BCUT2D eigenvalue weighted by Gasteiger charge is -2.11. The number of rotatable bonds is 2. The Labute approximate surface area is 627 Å². The lowest BCUT2D eigenvalue weighted by Crippen LogP contribution is -1.85. The highest BCUT2D eigenvalue weighted by molar-refractivity contribution is 7.26. The Balaban J connectivity index is 0.000000102. The van der Waals surface area contributed by atoms with E-state index in [2.05, 4.69) is 399 Å². The molecule has 0 aliphatic carbocycles. The molecule has 0 saturated carbocycles. The molecule has 0 fully saturated rings. The van der Waals surface area contributed by atoms with E-state index in [1.165, 1.54) is 206 Å². The van der Waals surface area contributed by atoms with E-state index in [0.717, 1.165) is 11.2 Å². The first-order valence-electron chi connectivity index (χ1n) is 37.0. The van der Waals surface area contributed by atoms with Gasteiger partial charge in [0.05, 0.1) is 0 Å². The molecule has 0 N–H and O–H groups in total. The van der Waals surface area contributed by atoms with Gasteiger partial charge in [-0.3, -0.25) is 0 Å². The number of fused-ring (bicyclic) bond motifs is 21. The summed E-state index contributed by atoms with van der Waals surface area (Å²) in [5, 5.41) is 26.9. The van der Waals surface area contributed by atoms with Crippen molar-refractivity contribution in [1.82, 2.24) is 0 Å². The van der Waals surface area contributed by atoms with Gasteiger partial charge in [0.2, 0.25) is 0 Å². The van der Waals surface area contributed by atoms with Crippen molar-refractivity contribution >= 4 is 140 Å². The minimum absolute atomic E-state index is 1.02. The second-order valence-electron chi connectivity index (χ2n) is 29.0. The van der Waals surface area contributed by atoms with E-state index in [-0.39, 0.29) is 0 Å². The molecule has 0 amide bonds. The topological polar surface area (TPSA) is 13.1 Å². The van der Waals surface area contributed by atoms with Crippen molar-refractivity contribution in [3.05, 3.63) is 382 Å². The van der Waals surface area contributed by atoms with Crippen LogP contribution in [-0.4, -0.2) is 0 Å². The van der Waals surface area contributed by atoms with Gasteiger partial charge in [0.15, 0.2) is 0 Å². The molecule has 0 radical (unpaired) electrons. The summed E-state index contributed by atoms with van der Waals surface area (Å²) < 4.78 is 8.78. The highest BCUT2D eigenvalue weighted by Crippen LogP contribution is 2.41. The van der Waals surface area contributed by atoms with Crippen LogP contribution in [0.3, 0.4) is 0 Å². The molecule has 0 bridgehead atoms. The molecule has 516 valence electrons. The first-order chi connectivity index (χ1) is 51.5. The minimum atomic E-state index is 1.02. The number of furan rings is 1. The summed E-state index contributed by atoms with van der Waals surface area (Å²) in [4.78, 5) is 0. The summed E-state index contributed by atoms with van der Waals surface area (Å²) in [6, 6.07) is 114. The zero-order chi connectivity index (χ0) is 73.3. The van der Waals surface area contributed by atoms with E-state index in [1.807, 2.05) is 11.3 Å². The van der Waals surface area contributed by atoms with Crippen LogP contribution in [0, 0.1) is 83.1 Å². The first kappa shape index (κ1) is 69.8. The smallest absolute Gasteiger partial charge is 0.138 e. The molecule has 1 nitrogen and oxygen atoms in total. The van der Waals surface area contributed by atoms with Gasteiger partial charge in [-0.25, -0.2) is 0 Å². The van der Waals surface area contributed by atoms with Crippen molar-refractivity contribution in [2.45, 2.75) is 83.1 Å². The fourth-order valence-corrected chi connectivity index (χ4v) is 16.6. The molecule has 2 aromatic heterocycles. The summed E-state index contributed by atoms with van der Waals surface area (Å²) in [7, 11) is 0. The monoisotopic (exact) mass is 1380 g/mol. The van der Waals surface area contributed by atoms with Crippen LogP contribution in [0.5, 0.6) is 0 Å². The molecule has 18 aromatic carbocycles. The van der Waals surface area contributed by atoms with E-state index >= 15 is 0 Å². The van der Waals surface area contributed by atoms with E-state index in [0.29, 0.717) is 0 Å². The predicted molar refractivity (Wildman–Crippen MR) is 467 cm³/mol. The molecule has 2 heterocycles. The average Bonchev–Trinajstić information content (AvgIpc) is 0.815. The first-order valence-corrected chi connectivity index (χ1v) is 37.8. The van der Waals surface area contributed by atoms with Crippen molar-refractivity contribution < 1.29 is 4.42 Å². The quantitative estimate of drug-likeness (QED) is 0.157. The minimum Gasteiger partial charge on any atom is -0.456 e. The summed E-state index contributed by atoms with van der Waals surface area (Å²) in [5.41, 5.74) is 22.8. The second kappa shape index (κ2) is 30.0. The van der Waals surface area contributed by atoms with Crippen molar-refractivity contribution in [3.63, 3.8) is 0 Å². The number of thiophene rings is 1. The molecule has 0 spiro atoms. The number of aryl methyl sites for hydroxylation is 12. The standard InChI is InChI=1S/2C20H16.C20H18.C16H14.C14H12O.C14H12S/c1-13-7-9-17-18-10-8-14(2)12-20(18)16-6-4-3-5-15(16)19(17)11-13;1-13-7-9-17-15-5-3-4-6-16(15)18-10-8-14(2)12-20(18)19(17)11-13;1-15-3-7-17(8-4-15)19-11-13-20(14-12-19)18-9-5-16(2)6-10-18;1-11-5-3-7-15-13(11)9-10-14-12(2)6-4-8-16(14)15;2*1-9-5-3-7-11-12-8-4-6-10(2)14(12)15-13(9)11/h2*3-12H,1-2H3;3-14H,1-2H3;3-10H,1-2H3;2*3-8H,1-2H3. The van der Waals surface area contributed by atoms with Crippen LogP contribution >= 0.6 is 11.3 Å². The number of benzene rings is 18. The van der Waals surface area contributed by atoms with Crippen LogP contribution < -0.4 is 0 Å². The van der Waals surface area contributed by atoms with E-state index in [1.54, 1.807) is 0 Å². The van der Waals surface area contributed by atoms with Gasteiger partial charge in [-0.2, -0.15) is 0 Å². The van der Waals surface area contributed by atoms with Gasteiger partial charge in [0, 0.05) is 30.9 Å². The molecule has 0 aliphatic heterocycles. The van der Waals surface area contributed by atoms with Gasteiger partial charge in [-0.1, -0.05) is 349 Å². The second-order valence-corrected chi connectivity index (χ2v) is 30.0. The molecular formula is C104H88OS. The van der Waals surface area contributed by atoms with Crippen LogP contribution in [0.4, 0.5) is 0 Å². The molecule has 106 heavy (non-hydrogen) atoms. The Bertz CT molecular complexity index is 6130. The summed E-state index contributed by atoms with van der Waals surface area (Å²) in [5.74, 6) is 0. The third kappa shape index (κ3) is 14.1. The predicted octanol–water partition coefficient (Wildman–Crippen LogP) is 30.6. The van der Waals surface area contributed by atoms with Gasteiger partial charge in [0.25, 0.3) is 0 Å². The molecule has 0 saturated heterocycles. The number of hydrogen-bond acceptors (Lipinski definition) is 2. The van der Waals surface area contributed by atoms with Gasteiger partial charge in [-0.05, 0) is 225 Å². The molecule has 2 heteroatoms. The molecule has 0 unspecified atom stereocenters. The van der Waals surface area contributed by atoms with E-state index in [9.17, 15) is 0 Å². The van der Waals surface area contributed by atoms with Crippen LogP contribution in [0.25, 0.3) is 151 Å². The Hall–Kier alpha value is -11.9. The van der Waals surface area contributed by atoms with Gasteiger partial charge in [0.1, 0.15) is 11.2 Å². The molecule has 0 aliphatic rings. The van der Waals surface area contributed by atoms with Crippen LogP contribution in [-0.2, 0) is 0 Å². The van der Waals surface area contributed by atoms with Crippen molar-refractivity contribution in [2.75, 3.05) is 0 Å². The third-order valence-electron chi connectivity index (χ3n) is 21.1. The summed E-state index contributed by atoms with van der Waals surface area (Å²) in [6.07, 6.45) is 0. The fraction of sp³-hybridized carbons (Fsp3) is 0.115. The highest BCUT2D eigenvalue weighted by Gasteiger charge is 2.14. The van der Waals surface area contributed by atoms with Crippen molar-refractivity contribution in [1.29, 1.82) is 0 Å². The lowest BCUT2D eigenvalue weighted by molar-refractivity contribution is 0.662. The van der Waals surface area contributed by atoms with Gasteiger partial charge in [-0.15, -0.1) is 11.3 Å².